The Morgan fingerprint density at radius 3 is 2.08 bits per heavy atom. The van der Waals surface area contributed by atoms with Crippen LogP contribution in [0, 0.1) is 10.8 Å². The van der Waals surface area contributed by atoms with Crippen molar-refractivity contribution in [3.05, 3.63) is 24.5 Å². The second-order valence-electron chi connectivity index (χ2n) is 12.7. The molecule has 9 heteroatoms. The lowest BCUT2D eigenvalue weighted by Crippen LogP contribution is -2.50. The largest absolute Gasteiger partial charge is 0.465 e. The Morgan fingerprint density at radius 1 is 0.895 bits per heavy atom. The molecule has 5 heterocycles. The summed E-state index contributed by atoms with van der Waals surface area (Å²) in [7, 11) is 0. The number of aromatic nitrogens is 1. The van der Waals surface area contributed by atoms with E-state index in [2.05, 4.69) is 27.3 Å². The molecular formula is C29H47N5O4. The number of pyridine rings is 1. The number of nitrogens with zero attached hydrogens (tertiary/aromatic N) is 4. The van der Waals surface area contributed by atoms with Gasteiger partial charge in [-0.3, -0.25) is 4.98 Å². The summed E-state index contributed by atoms with van der Waals surface area (Å²) < 4.78 is 5.42. The third kappa shape index (κ3) is 7.52. The Balaban J connectivity index is 0.000000178. The molecule has 5 rings (SSSR count). The van der Waals surface area contributed by atoms with Gasteiger partial charge in [0.15, 0.2) is 0 Å². The highest BCUT2D eigenvalue weighted by atomic mass is 16.6. The summed E-state index contributed by atoms with van der Waals surface area (Å²) in [4.78, 5) is 32.9. The van der Waals surface area contributed by atoms with Crippen molar-refractivity contribution in [2.45, 2.75) is 77.7 Å². The zero-order valence-corrected chi connectivity index (χ0v) is 23.6. The second-order valence-corrected chi connectivity index (χ2v) is 12.7. The van der Waals surface area contributed by atoms with Crippen LogP contribution in [0.3, 0.4) is 0 Å². The number of piperidine rings is 4. The van der Waals surface area contributed by atoms with E-state index < -0.39 is 11.7 Å². The third-order valence-electron chi connectivity index (χ3n) is 8.82. The predicted molar refractivity (Wildman–Crippen MR) is 149 cm³/mol. The number of carbonyl (C=O) groups is 2. The maximum Gasteiger partial charge on any atom is 0.410 e. The molecule has 38 heavy (non-hydrogen) atoms. The molecule has 4 fully saturated rings. The summed E-state index contributed by atoms with van der Waals surface area (Å²) >= 11 is 0. The van der Waals surface area contributed by atoms with Gasteiger partial charge in [0, 0.05) is 63.9 Å². The van der Waals surface area contributed by atoms with Crippen molar-refractivity contribution in [2.24, 2.45) is 10.8 Å². The molecule has 1 aromatic rings. The van der Waals surface area contributed by atoms with E-state index in [0.29, 0.717) is 23.9 Å². The number of hydrogen-bond donors (Lipinski definition) is 2. The Hall–Kier alpha value is -2.55. The molecule has 2 spiro atoms. The van der Waals surface area contributed by atoms with Crippen LogP contribution in [-0.2, 0) is 4.74 Å². The van der Waals surface area contributed by atoms with Crippen LogP contribution >= 0.6 is 0 Å². The number of ether oxygens (including phenoxy) is 1. The van der Waals surface area contributed by atoms with Gasteiger partial charge in [0.05, 0.1) is 0 Å². The van der Waals surface area contributed by atoms with Crippen LogP contribution in [0.1, 0.15) is 72.1 Å². The maximum atomic E-state index is 12.0. The fraction of sp³-hybridized carbons (Fsp3) is 0.759. The normalized spacial score (nSPS) is 23.0. The van der Waals surface area contributed by atoms with E-state index in [1.807, 2.05) is 38.1 Å². The molecule has 0 aromatic carbocycles. The monoisotopic (exact) mass is 529 g/mol. The van der Waals surface area contributed by atoms with Gasteiger partial charge in [0.2, 0.25) is 0 Å². The highest BCUT2D eigenvalue weighted by Gasteiger charge is 2.40. The minimum absolute atomic E-state index is 0.152. The van der Waals surface area contributed by atoms with E-state index in [1.54, 1.807) is 4.90 Å². The highest BCUT2D eigenvalue weighted by molar-refractivity contribution is 5.68. The molecule has 0 aliphatic carbocycles. The lowest BCUT2D eigenvalue weighted by Gasteiger charge is -2.47. The molecule has 4 aliphatic rings. The SMILES string of the molecule is CC(C)(C)OC(=O)N1CCC2(CCCNC2)CC1.O=C(O)N1CCC2(CCCN(c3ccncc3)C2)CC1. The summed E-state index contributed by atoms with van der Waals surface area (Å²) in [6.45, 7) is 13.2. The van der Waals surface area contributed by atoms with E-state index in [4.69, 9.17) is 9.84 Å². The van der Waals surface area contributed by atoms with Gasteiger partial charge in [-0.2, -0.15) is 0 Å². The Kier molecular flexibility index (Phi) is 9.06. The summed E-state index contributed by atoms with van der Waals surface area (Å²) in [5, 5.41) is 12.6. The van der Waals surface area contributed by atoms with Crippen LogP contribution < -0.4 is 10.2 Å². The first-order valence-electron chi connectivity index (χ1n) is 14.4. The average Bonchev–Trinajstić information content (AvgIpc) is 2.90. The number of anilines is 1. The van der Waals surface area contributed by atoms with Crippen molar-refractivity contribution in [1.82, 2.24) is 20.1 Å². The molecule has 0 radical (unpaired) electrons. The van der Waals surface area contributed by atoms with Crippen LogP contribution in [0.2, 0.25) is 0 Å². The van der Waals surface area contributed by atoms with Gasteiger partial charge in [0.1, 0.15) is 5.60 Å². The second kappa shape index (κ2) is 12.1. The van der Waals surface area contributed by atoms with E-state index in [-0.39, 0.29) is 6.09 Å². The minimum atomic E-state index is -0.776. The van der Waals surface area contributed by atoms with Gasteiger partial charge in [-0.05, 0) is 102 Å². The summed E-state index contributed by atoms with van der Waals surface area (Å²) in [5.74, 6) is 0. The first-order chi connectivity index (χ1) is 18.1. The number of carboxylic acid groups (broad SMARTS) is 1. The minimum Gasteiger partial charge on any atom is -0.465 e. The molecule has 9 nitrogen and oxygen atoms in total. The van der Waals surface area contributed by atoms with Crippen LogP contribution in [-0.4, -0.2) is 90.0 Å². The van der Waals surface area contributed by atoms with Crippen molar-refractivity contribution in [1.29, 1.82) is 0 Å². The fourth-order valence-corrected chi connectivity index (χ4v) is 6.51. The molecule has 1 aromatic heterocycles. The molecule has 212 valence electrons. The Bertz CT molecular complexity index is 911. The van der Waals surface area contributed by atoms with Gasteiger partial charge in [-0.25, -0.2) is 9.59 Å². The zero-order chi connectivity index (χ0) is 27.2. The fourth-order valence-electron chi connectivity index (χ4n) is 6.51. The van der Waals surface area contributed by atoms with E-state index >= 15 is 0 Å². The number of rotatable bonds is 1. The first kappa shape index (κ1) is 28.5. The van der Waals surface area contributed by atoms with Crippen LogP contribution in [0.5, 0.6) is 0 Å². The maximum absolute atomic E-state index is 12.0. The summed E-state index contributed by atoms with van der Waals surface area (Å²) in [6, 6.07) is 4.12. The van der Waals surface area contributed by atoms with Gasteiger partial charge in [0.25, 0.3) is 0 Å². The van der Waals surface area contributed by atoms with Crippen LogP contribution in [0.4, 0.5) is 15.3 Å². The first-order valence-corrected chi connectivity index (χ1v) is 14.4. The molecule has 0 saturated carbocycles. The molecule has 0 bridgehead atoms. The average molecular weight is 530 g/mol. The van der Waals surface area contributed by atoms with Crippen molar-refractivity contribution in [3.8, 4) is 0 Å². The topological polar surface area (TPSA) is 98.2 Å². The van der Waals surface area contributed by atoms with Crippen molar-refractivity contribution in [2.75, 3.05) is 57.3 Å². The van der Waals surface area contributed by atoms with Crippen molar-refractivity contribution < 1.29 is 19.4 Å². The summed E-state index contributed by atoms with van der Waals surface area (Å²) in [6.07, 6.45) is 11.9. The molecule has 4 aliphatic heterocycles. The number of amides is 2. The number of likely N-dealkylation sites (tertiary alicyclic amines) is 2. The lowest BCUT2D eigenvalue weighted by atomic mass is 9.72. The van der Waals surface area contributed by atoms with Crippen molar-refractivity contribution >= 4 is 17.9 Å². The molecule has 2 N–H and O–H groups in total. The number of hydrogen-bond acceptors (Lipinski definition) is 6. The smallest absolute Gasteiger partial charge is 0.410 e. The van der Waals surface area contributed by atoms with Crippen molar-refractivity contribution in [3.63, 3.8) is 0 Å². The molecule has 2 amide bonds. The molecule has 4 saturated heterocycles. The molecule has 0 unspecified atom stereocenters. The van der Waals surface area contributed by atoms with E-state index in [9.17, 15) is 9.59 Å². The van der Waals surface area contributed by atoms with Crippen LogP contribution in [0.15, 0.2) is 24.5 Å². The third-order valence-corrected chi connectivity index (χ3v) is 8.82. The molecule has 0 atom stereocenters. The van der Waals surface area contributed by atoms with Crippen LogP contribution in [0.25, 0.3) is 0 Å². The zero-order valence-electron chi connectivity index (χ0n) is 23.6. The van der Waals surface area contributed by atoms with Gasteiger partial charge >= 0.3 is 12.2 Å². The summed E-state index contributed by atoms with van der Waals surface area (Å²) in [5.41, 5.74) is 1.59. The quantitative estimate of drug-likeness (QED) is 0.538. The number of nitrogens with one attached hydrogen (secondary N) is 1. The van der Waals surface area contributed by atoms with Gasteiger partial charge in [-0.15, -0.1) is 0 Å². The van der Waals surface area contributed by atoms with Gasteiger partial charge < -0.3 is 29.9 Å². The standard InChI is InChI=1S/C15H21N3O2.C14H26N2O2/c19-14(20)17-10-5-15(6-11-17)4-1-9-18(12-15)13-2-7-16-8-3-13;1-13(2,3)18-12(17)16-9-6-14(7-10-16)5-4-8-15-11-14/h2-3,7-8H,1,4-6,9-12H2,(H,19,20);15H,4-11H2,1-3H3. The number of carbonyl (C=O) groups excluding carboxylic acids is 1. The van der Waals surface area contributed by atoms with E-state index in [0.717, 1.165) is 65.0 Å². The van der Waals surface area contributed by atoms with Gasteiger partial charge in [-0.1, -0.05) is 0 Å². The Morgan fingerprint density at radius 2 is 1.50 bits per heavy atom. The lowest BCUT2D eigenvalue weighted by molar-refractivity contribution is 0.00673. The highest BCUT2D eigenvalue weighted by Crippen LogP contribution is 2.41. The Labute approximate surface area is 227 Å². The predicted octanol–water partition coefficient (Wildman–Crippen LogP) is 4.83. The van der Waals surface area contributed by atoms with E-state index in [1.165, 1.54) is 31.4 Å². The molecular weight excluding hydrogens is 482 g/mol.